The van der Waals surface area contributed by atoms with Crippen LogP contribution >= 0.6 is 0 Å². The molecule has 2 aliphatic rings. The lowest BCUT2D eigenvalue weighted by Gasteiger charge is -2.46. The van der Waals surface area contributed by atoms with E-state index in [0.717, 1.165) is 22.3 Å². The molecule has 2 aromatic rings. The van der Waals surface area contributed by atoms with Crippen LogP contribution in [-0.4, -0.2) is 23.9 Å². The highest BCUT2D eigenvalue weighted by Crippen LogP contribution is 2.47. The number of alkyl halides is 3. The Morgan fingerprint density at radius 2 is 1.79 bits per heavy atom. The summed E-state index contributed by atoms with van der Waals surface area (Å²) in [4.78, 5) is 12.8. The second-order valence-electron chi connectivity index (χ2n) is 7.72. The quantitative estimate of drug-likeness (QED) is 0.503. The highest BCUT2D eigenvalue weighted by molar-refractivity contribution is 5.99. The van der Waals surface area contributed by atoms with Crippen LogP contribution in [-0.2, 0) is 16.0 Å². The van der Waals surface area contributed by atoms with Gasteiger partial charge in [0.1, 0.15) is 11.4 Å². The van der Waals surface area contributed by atoms with E-state index in [1.54, 1.807) is 12.1 Å². The first-order chi connectivity index (χ1) is 13.7. The minimum Gasteiger partial charge on any atom is -0.479 e. The maximum atomic E-state index is 13.1. The fourth-order valence-corrected chi connectivity index (χ4v) is 4.16. The summed E-state index contributed by atoms with van der Waals surface area (Å²) in [6.07, 6.45) is -4.91. The summed E-state index contributed by atoms with van der Waals surface area (Å²) in [5, 5.41) is 0. The molecule has 0 aliphatic heterocycles. The molecule has 1 unspecified atom stereocenters. The topological polar surface area (TPSA) is 35.5 Å². The number of fused-ring (bicyclic) bond motifs is 3. The molecule has 3 nitrogen and oxygen atoms in total. The highest BCUT2D eigenvalue weighted by Gasteiger charge is 2.56. The van der Waals surface area contributed by atoms with Crippen LogP contribution in [0.15, 0.2) is 54.6 Å². The van der Waals surface area contributed by atoms with Crippen LogP contribution in [0.4, 0.5) is 13.2 Å². The normalized spacial score (nSPS) is 17.7. The summed E-state index contributed by atoms with van der Waals surface area (Å²) < 4.78 is 49.9. The molecule has 0 bridgehead atoms. The fraction of sp³-hybridized carbons (Fsp3) is 0.348. The number of hydrogen-bond donors (Lipinski definition) is 0. The summed E-state index contributed by atoms with van der Waals surface area (Å²) in [6, 6.07) is 13.3. The molecule has 29 heavy (non-hydrogen) atoms. The van der Waals surface area contributed by atoms with Crippen LogP contribution in [0.3, 0.4) is 0 Å². The maximum Gasteiger partial charge on any atom is 0.523 e. The first-order valence-corrected chi connectivity index (χ1v) is 9.54. The molecule has 2 aromatic carbocycles. The van der Waals surface area contributed by atoms with E-state index in [2.05, 4.69) is 11.3 Å². The Balaban J connectivity index is 1.72. The number of carbonyl (C=O) groups is 1. The van der Waals surface area contributed by atoms with E-state index in [0.29, 0.717) is 18.6 Å². The lowest BCUT2D eigenvalue weighted by molar-refractivity contribution is -0.387. The van der Waals surface area contributed by atoms with Crippen molar-refractivity contribution >= 4 is 5.78 Å². The van der Waals surface area contributed by atoms with Gasteiger partial charge in [0.05, 0.1) is 0 Å². The predicted molar refractivity (Wildman–Crippen MR) is 103 cm³/mol. The van der Waals surface area contributed by atoms with Crippen molar-refractivity contribution in [2.24, 2.45) is 0 Å². The molecule has 1 fully saturated rings. The first-order valence-electron chi connectivity index (χ1n) is 9.54. The first kappa shape index (κ1) is 19.7. The zero-order chi connectivity index (χ0) is 20.8. The Morgan fingerprint density at radius 3 is 2.41 bits per heavy atom. The van der Waals surface area contributed by atoms with Crippen molar-refractivity contribution < 1.29 is 27.4 Å². The van der Waals surface area contributed by atoms with Gasteiger partial charge in [-0.25, -0.2) is 0 Å². The third kappa shape index (κ3) is 3.57. The number of benzene rings is 2. The number of carbonyl (C=O) groups excluding carboxylic acids is 1. The maximum absolute atomic E-state index is 13.1. The summed E-state index contributed by atoms with van der Waals surface area (Å²) in [5.41, 5.74) is 2.45. The summed E-state index contributed by atoms with van der Waals surface area (Å²) >= 11 is 0. The van der Waals surface area contributed by atoms with Gasteiger partial charge in [0.2, 0.25) is 5.78 Å². The fourth-order valence-electron chi connectivity index (χ4n) is 4.16. The van der Waals surface area contributed by atoms with Gasteiger partial charge in [-0.1, -0.05) is 43.0 Å². The second kappa shape index (κ2) is 7.02. The number of rotatable bonds is 6. The molecule has 0 spiro atoms. The van der Waals surface area contributed by atoms with Crippen molar-refractivity contribution in [1.82, 2.24) is 0 Å². The van der Waals surface area contributed by atoms with Crippen LogP contribution < -0.4 is 4.74 Å². The van der Waals surface area contributed by atoms with Crippen molar-refractivity contribution in [3.05, 3.63) is 65.7 Å². The van der Waals surface area contributed by atoms with Crippen molar-refractivity contribution in [3.63, 3.8) is 0 Å². The highest BCUT2D eigenvalue weighted by atomic mass is 19.4. The zero-order valence-corrected chi connectivity index (χ0v) is 16.0. The van der Waals surface area contributed by atoms with Crippen LogP contribution in [0.2, 0.25) is 0 Å². The van der Waals surface area contributed by atoms with Gasteiger partial charge in [0, 0.05) is 12.0 Å². The number of hydrogen-bond acceptors (Lipinski definition) is 3. The van der Waals surface area contributed by atoms with E-state index in [4.69, 9.17) is 4.74 Å². The number of Topliss-reactive ketones (excluding diaryl/α,β-unsaturated/α-hetero) is 1. The molecule has 0 radical (unpaired) electrons. The molecule has 2 aliphatic carbocycles. The molecule has 0 saturated heterocycles. The lowest BCUT2D eigenvalue weighted by atomic mass is 9.73. The molecule has 4 rings (SSSR count). The number of halogens is 3. The van der Waals surface area contributed by atoms with E-state index < -0.39 is 23.9 Å². The minimum atomic E-state index is -4.85. The van der Waals surface area contributed by atoms with Crippen LogP contribution in [0, 0.1) is 0 Å². The van der Waals surface area contributed by atoms with E-state index in [1.165, 1.54) is 6.92 Å². The molecule has 152 valence electrons. The largest absolute Gasteiger partial charge is 0.523 e. The molecular formula is C23H21F3O3. The monoisotopic (exact) mass is 402 g/mol. The smallest absolute Gasteiger partial charge is 0.479 e. The van der Waals surface area contributed by atoms with E-state index in [1.807, 2.05) is 30.3 Å². The summed E-state index contributed by atoms with van der Waals surface area (Å²) in [5.74, 6) is -0.155. The standard InChI is InChI=1S/C23H21F3O3/c1-14(2)20(27)21(22(11-6-12-22)29-23(24,25)26)28-19-10-5-9-17-16-8-4-3-7-15(16)13-18(17)19/h3-5,7-10,21H,1,6,11-13H2,2H3. The summed E-state index contributed by atoms with van der Waals surface area (Å²) in [7, 11) is 0. The SMILES string of the molecule is C=C(C)C(=O)C(Oc1cccc2c1Cc1ccccc1-2)C1(OC(F)(F)F)CCC1. The van der Waals surface area contributed by atoms with Gasteiger partial charge in [-0.2, -0.15) is 0 Å². The molecular weight excluding hydrogens is 381 g/mol. The second-order valence-corrected chi connectivity index (χ2v) is 7.72. The van der Waals surface area contributed by atoms with E-state index >= 15 is 0 Å². The third-order valence-corrected chi connectivity index (χ3v) is 5.71. The average Bonchev–Trinajstić information content (AvgIpc) is 3.01. The molecule has 1 saturated carbocycles. The average molecular weight is 402 g/mol. The number of ketones is 1. The Morgan fingerprint density at radius 1 is 1.10 bits per heavy atom. The molecule has 1 atom stereocenters. The van der Waals surface area contributed by atoms with Crippen molar-refractivity contribution in [2.45, 2.75) is 50.7 Å². The molecule has 0 amide bonds. The third-order valence-electron chi connectivity index (χ3n) is 5.71. The Kier molecular flexibility index (Phi) is 4.77. The van der Waals surface area contributed by atoms with E-state index in [-0.39, 0.29) is 18.4 Å². The van der Waals surface area contributed by atoms with Crippen molar-refractivity contribution in [1.29, 1.82) is 0 Å². The van der Waals surface area contributed by atoms with Crippen molar-refractivity contribution in [3.8, 4) is 16.9 Å². The Bertz CT molecular complexity index is 974. The zero-order valence-electron chi connectivity index (χ0n) is 16.0. The number of ether oxygens (including phenoxy) is 2. The van der Waals surface area contributed by atoms with Gasteiger partial charge < -0.3 is 4.74 Å². The van der Waals surface area contributed by atoms with Crippen LogP contribution in [0.1, 0.15) is 37.3 Å². The molecule has 0 heterocycles. The molecule has 6 heteroatoms. The lowest BCUT2D eigenvalue weighted by Crippen LogP contribution is -2.59. The van der Waals surface area contributed by atoms with E-state index in [9.17, 15) is 18.0 Å². The van der Waals surface area contributed by atoms with Gasteiger partial charge in [-0.05, 0) is 54.5 Å². The van der Waals surface area contributed by atoms with Crippen molar-refractivity contribution in [2.75, 3.05) is 0 Å². The van der Waals surface area contributed by atoms with Crippen LogP contribution in [0.25, 0.3) is 11.1 Å². The minimum absolute atomic E-state index is 0.103. The predicted octanol–water partition coefficient (Wildman–Crippen LogP) is 5.61. The Hall–Kier alpha value is -2.60. The van der Waals surface area contributed by atoms with Gasteiger partial charge in [-0.15, -0.1) is 13.2 Å². The van der Waals surface area contributed by atoms with Crippen LogP contribution in [0.5, 0.6) is 5.75 Å². The molecule has 0 N–H and O–H groups in total. The molecule has 0 aromatic heterocycles. The Labute approximate surface area is 167 Å². The van der Waals surface area contributed by atoms with Gasteiger partial charge >= 0.3 is 6.36 Å². The summed E-state index contributed by atoms with van der Waals surface area (Å²) in [6.45, 7) is 5.10. The van der Waals surface area contributed by atoms with Gasteiger partial charge in [0.25, 0.3) is 0 Å². The van der Waals surface area contributed by atoms with Gasteiger partial charge in [-0.3, -0.25) is 9.53 Å². The van der Waals surface area contributed by atoms with Gasteiger partial charge in [0.15, 0.2) is 6.10 Å².